The molecule has 1 aromatic heterocycles. The lowest BCUT2D eigenvalue weighted by Crippen LogP contribution is -2.51. The van der Waals surface area contributed by atoms with Crippen LogP contribution in [0.1, 0.15) is 25.7 Å². The van der Waals surface area contributed by atoms with E-state index >= 15 is 0 Å². The van der Waals surface area contributed by atoms with Crippen molar-refractivity contribution < 1.29 is 18.7 Å². The van der Waals surface area contributed by atoms with E-state index in [1.807, 2.05) is 4.90 Å². The zero-order valence-corrected chi connectivity index (χ0v) is 14.9. The Labute approximate surface area is 147 Å². The summed E-state index contributed by atoms with van der Waals surface area (Å²) in [5.74, 6) is -0.00635. The Kier molecular flexibility index (Phi) is 5.42. The average Bonchev–Trinajstić information content (AvgIpc) is 2.99. The lowest BCUT2D eigenvalue weighted by molar-refractivity contribution is -0.0644. The van der Waals surface area contributed by atoms with Gasteiger partial charge >= 0.3 is 6.03 Å². The summed E-state index contributed by atoms with van der Waals surface area (Å²) in [5, 5.41) is 0. The largest absolute Gasteiger partial charge is 0.476 e. The van der Waals surface area contributed by atoms with Gasteiger partial charge in [-0.2, -0.15) is 0 Å². The Morgan fingerprint density at radius 3 is 2.92 bits per heavy atom. The molecule has 138 valence electrons. The van der Waals surface area contributed by atoms with Gasteiger partial charge in [0.2, 0.25) is 5.88 Å². The molecule has 2 aliphatic rings. The molecule has 0 aliphatic carbocycles. The van der Waals surface area contributed by atoms with E-state index in [9.17, 15) is 9.18 Å². The van der Waals surface area contributed by atoms with Crippen molar-refractivity contribution in [1.29, 1.82) is 0 Å². The van der Waals surface area contributed by atoms with Crippen LogP contribution in [0.15, 0.2) is 18.3 Å². The van der Waals surface area contributed by atoms with Crippen molar-refractivity contribution in [1.82, 2.24) is 14.8 Å². The number of rotatable bonds is 4. The van der Waals surface area contributed by atoms with Crippen LogP contribution < -0.4 is 4.74 Å². The number of halogens is 1. The van der Waals surface area contributed by atoms with E-state index in [0.717, 1.165) is 32.3 Å². The predicted molar refractivity (Wildman–Crippen MR) is 91.0 cm³/mol. The second kappa shape index (κ2) is 7.56. The van der Waals surface area contributed by atoms with Crippen molar-refractivity contribution in [2.45, 2.75) is 31.3 Å². The fourth-order valence-electron chi connectivity index (χ4n) is 3.88. The summed E-state index contributed by atoms with van der Waals surface area (Å²) in [6.45, 7) is 2.58. The Bertz CT molecular complexity index is 603. The highest BCUT2D eigenvalue weighted by atomic mass is 19.1. The van der Waals surface area contributed by atoms with Gasteiger partial charge < -0.3 is 19.3 Å². The summed E-state index contributed by atoms with van der Waals surface area (Å²) in [6, 6.07) is 2.95. The maximum absolute atomic E-state index is 13.6. The number of amides is 2. The number of ether oxygens (including phenoxy) is 2. The van der Waals surface area contributed by atoms with Crippen molar-refractivity contribution in [2.75, 3.05) is 40.4 Å². The summed E-state index contributed by atoms with van der Waals surface area (Å²) in [7, 11) is 3.55. The van der Waals surface area contributed by atoms with Crippen LogP contribution >= 0.6 is 0 Å². The quantitative estimate of drug-likeness (QED) is 0.837. The van der Waals surface area contributed by atoms with Crippen LogP contribution in [-0.2, 0) is 4.74 Å². The van der Waals surface area contributed by atoms with Crippen molar-refractivity contribution in [2.24, 2.45) is 5.92 Å². The van der Waals surface area contributed by atoms with Gasteiger partial charge in [-0.05, 0) is 43.7 Å². The highest BCUT2D eigenvalue weighted by Gasteiger charge is 2.46. The number of pyridine rings is 1. The molecule has 2 aliphatic heterocycles. The van der Waals surface area contributed by atoms with Crippen LogP contribution in [0.2, 0.25) is 0 Å². The number of carbonyl (C=O) groups excluding carboxylic acids is 1. The fourth-order valence-corrected chi connectivity index (χ4v) is 3.88. The zero-order valence-electron chi connectivity index (χ0n) is 14.9. The van der Waals surface area contributed by atoms with Gasteiger partial charge in [0.25, 0.3) is 0 Å². The molecule has 0 bridgehead atoms. The van der Waals surface area contributed by atoms with Crippen LogP contribution in [0.3, 0.4) is 0 Å². The molecule has 2 fully saturated rings. The third-order valence-electron chi connectivity index (χ3n) is 5.29. The van der Waals surface area contributed by atoms with E-state index in [1.165, 1.54) is 12.3 Å². The first-order valence-electron chi connectivity index (χ1n) is 8.85. The van der Waals surface area contributed by atoms with Crippen LogP contribution in [-0.4, -0.2) is 66.8 Å². The molecule has 0 saturated carbocycles. The zero-order chi connectivity index (χ0) is 17.9. The number of hydrogen-bond acceptors (Lipinski definition) is 4. The molecule has 7 heteroatoms. The van der Waals surface area contributed by atoms with E-state index in [4.69, 9.17) is 9.47 Å². The number of aromatic nitrogens is 1. The van der Waals surface area contributed by atoms with Crippen molar-refractivity contribution in [3.05, 3.63) is 24.1 Å². The average molecular weight is 351 g/mol. The number of hydrogen-bond donors (Lipinski definition) is 0. The van der Waals surface area contributed by atoms with Gasteiger partial charge in [0, 0.05) is 40.0 Å². The Balaban J connectivity index is 1.53. The Morgan fingerprint density at radius 1 is 1.48 bits per heavy atom. The lowest BCUT2D eigenvalue weighted by Gasteiger charge is -2.42. The lowest BCUT2D eigenvalue weighted by atomic mass is 9.78. The third-order valence-corrected chi connectivity index (χ3v) is 5.29. The van der Waals surface area contributed by atoms with Gasteiger partial charge in [0.05, 0.1) is 12.2 Å². The second-order valence-corrected chi connectivity index (χ2v) is 6.99. The molecular weight excluding hydrogens is 325 g/mol. The molecule has 0 unspecified atom stereocenters. The van der Waals surface area contributed by atoms with Crippen LogP contribution in [0.5, 0.6) is 5.88 Å². The topological polar surface area (TPSA) is 54.9 Å². The smallest absolute Gasteiger partial charge is 0.319 e. The monoisotopic (exact) mass is 351 g/mol. The Morgan fingerprint density at radius 2 is 2.24 bits per heavy atom. The van der Waals surface area contributed by atoms with E-state index in [-0.39, 0.29) is 17.5 Å². The molecule has 2 saturated heterocycles. The number of likely N-dealkylation sites (tertiary alicyclic amines) is 1. The number of piperidine rings is 1. The van der Waals surface area contributed by atoms with Gasteiger partial charge in [0.1, 0.15) is 0 Å². The van der Waals surface area contributed by atoms with Crippen LogP contribution in [0, 0.1) is 11.7 Å². The van der Waals surface area contributed by atoms with E-state index in [1.54, 1.807) is 25.1 Å². The normalized spacial score (nSPS) is 22.2. The molecular formula is C18H26FN3O3. The standard InChI is InChI=1S/C18H26FN3O3/c1-21(2)17(23)22-10-7-18(8-11-22)14(6-13-25-18)5-12-24-16-15(19)4-3-9-20-16/h3-4,9,14H,5-8,10-13H2,1-2H3/t14-/m0/s1. The van der Waals surface area contributed by atoms with Crippen LogP contribution in [0.25, 0.3) is 0 Å². The van der Waals surface area contributed by atoms with E-state index in [0.29, 0.717) is 25.6 Å². The third kappa shape index (κ3) is 3.86. The summed E-state index contributed by atoms with van der Waals surface area (Å²) < 4.78 is 25.2. The minimum Gasteiger partial charge on any atom is -0.476 e. The van der Waals surface area contributed by atoms with Crippen molar-refractivity contribution >= 4 is 6.03 Å². The molecule has 3 heterocycles. The minimum absolute atomic E-state index is 0.0540. The van der Waals surface area contributed by atoms with Crippen LogP contribution in [0.4, 0.5) is 9.18 Å². The summed E-state index contributed by atoms with van der Waals surface area (Å²) >= 11 is 0. The first-order chi connectivity index (χ1) is 12.0. The number of carbonyl (C=O) groups is 1. The molecule has 1 atom stereocenters. The summed E-state index contributed by atoms with van der Waals surface area (Å²) in [6.07, 6.45) is 4.99. The van der Waals surface area contributed by atoms with E-state index < -0.39 is 5.82 Å². The molecule has 2 amide bonds. The van der Waals surface area contributed by atoms with Gasteiger partial charge in [-0.25, -0.2) is 14.2 Å². The van der Waals surface area contributed by atoms with E-state index in [2.05, 4.69) is 4.98 Å². The van der Waals surface area contributed by atoms with Crippen molar-refractivity contribution in [3.8, 4) is 5.88 Å². The molecule has 1 spiro atoms. The SMILES string of the molecule is CN(C)C(=O)N1CCC2(CC1)OCC[C@@H]2CCOc1ncccc1F. The minimum atomic E-state index is -0.435. The number of nitrogens with zero attached hydrogens (tertiary/aromatic N) is 3. The molecule has 0 aromatic carbocycles. The van der Waals surface area contributed by atoms with Gasteiger partial charge in [-0.3, -0.25) is 0 Å². The highest BCUT2D eigenvalue weighted by molar-refractivity contribution is 5.73. The molecule has 3 rings (SSSR count). The highest BCUT2D eigenvalue weighted by Crippen LogP contribution is 2.42. The number of urea groups is 1. The molecule has 0 radical (unpaired) electrons. The molecule has 25 heavy (non-hydrogen) atoms. The molecule has 1 aromatic rings. The molecule has 6 nitrogen and oxygen atoms in total. The predicted octanol–water partition coefficient (Wildman–Crippen LogP) is 2.54. The Hall–Kier alpha value is -1.89. The first-order valence-corrected chi connectivity index (χ1v) is 8.85. The van der Waals surface area contributed by atoms with Gasteiger partial charge in [-0.1, -0.05) is 0 Å². The second-order valence-electron chi connectivity index (χ2n) is 6.99. The fraction of sp³-hybridized carbons (Fsp3) is 0.667. The maximum Gasteiger partial charge on any atom is 0.319 e. The van der Waals surface area contributed by atoms with Gasteiger partial charge in [0.15, 0.2) is 5.82 Å². The summed E-state index contributed by atoms with van der Waals surface area (Å²) in [5.41, 5.74) is -0.172. The maximum atomic E-state index is 13.6. The first kappa shape index (κ1) is 17.9. The van der Waals surface area contributed by atoms with Gasteiger partial charge in [-0.15, -0.1) is 0 Å². The van der Waals surface area contributed by atoms with Crippen molar-refractivity contribution in [3.63, 3.8) is 0 Å². The molecule has 0 N–H and O–H groups in total. The summed E-state index contributed by atoms with van der Waals surface area (Å²) in [4.78, 5) is 19.5.